The van der Waals surface area contributed by atoms with Crippen LogP contribution in [0.25, 0.3) is 10.2 Å². The SMILES string of the molecule is Cc1cc(NC(=O)Cn2c(=O)n(CC(C)C)c(=O)c3sccc32)no1. The number of amides is 1. The van der Waals surface area contributed by atoms with E-state index < -0.39 is 11.6 Å². The van der Waals surface area contributed by atoms with Crippen molar-refractivity contribution < 1.29 is 9.32 Å². The van der Waals surface area contributed by atoms with Crippen LogP contribution < -0.4 is 16.6 Å². The van der Waals surface area contributed by atoms with Crippen molar-refractivity contribution in [3.63, 3.8) is 0 Å². The molecule has 0 saturated carbocycles. The van der Waals surface area contributed by atoms with Crippen LogP contribution in [-0.2, 0) is 17.9 Å². The van der Waals surface area contributed by atoms with Crippen molar-refractivity contribution in [1.82, 2.24) is 14.3 Å². The van der Waals surface area contributed by atoms with Gasteiger partial charge >= 0.3 is 5.69 Å². The second-order valence-corrected chi connectivity index (χ2v) is 7.10. The lowest BCUT2D eigenvalue weighted by atomic mass is 10.2. The second-order valence-electron chi connectivity index (χ2n) is 6.18. The van der Waals surface area contributed by atoms with E-state index in [1.165, 1.54) is 20.5 Å². The monoisotopic (exact) mass is 362 g/mol. The minimum absolute atomic E-state index is 0.128. The van der Waals surface area contributed by atoms with Gasteiger partial charge in [0.2, 0.25) is 5.91 Å². The topological polar surface area (TPSA) is 99.1 Å². The van der Waals surface area contributed by atoms with Crippen molar-refractivity contribution in [2.24, 2.45) is 5.92 Å². The number of hydrogen-bond acceptors (Lipinski definition) is 6. The molecule has 0 aliphatic carbocycles. The predicted octanol–water partition coefficient (Wildman–Crippen LogP) is 1.82. The van der Waals surface area contributed by atoms with Gasteiger partial charge in [0.15, 0.2) is 5.82 Å². The molecule has 1 amide bonds. The maximum absolute atomic E-state index is 12.7. The van der Waals surface area contributed by atoms with Gasteiger partial charge in [0, 0.05) is 12.6 Å². The zero-order valence-electron chi connectivity index (χ0n) is 14.1. The molecule has 0 radical (unpaired) electrons. The van der Waals surface area contributed by atoms with E-state index in [0.717, 1.165) is 0 Å². The third kappa shape index (κ3) is 3.41. The summed E-state index contributed by atoms with van der Waals surface area (Å²) in [5.41, 5.74) is -0.338. The molecule has 3 aromatic heterocycles. The Balaban J connectivity index is 2.00. The summed E-state index contributed by atoms with van der Waals surface area (Å²) in [6.07, 6.45) is 0. The Morgan fingerprint density at radius 1 is 1.36 bits per heavy atom. The molecule has 9 heteroatoms. The fourth-order valence-corrected chi connectivity index (χ4v) is 3.41. The van der Waals surface area contributed by atoms with E-state index >= 15 is 0 Å². The zero-order valence-corrected chi connectivity index (χ0v) is 14.9. The molecule has 0 aliphatic rings. The van der Waals surface area contributed by atoms with Gasteiger partial charge < -0.3 is 9.84 Å². The Hall–Kier alpha value is -2.68. The normalized spacial score (nSPS) is 11.4. The van der Waals surface area contributed by atoms with Crippen LogP contribution in [-0.4, -0.2) is 20.2 Å². The molecule has 0 saturated heterocycles. The zero-order chi connectivity index (χ0) is 18.1. The summed E-state index contributed by atoms with van der Waals surface area (Å²) in [5.74, 6) is 0.562. The van der Waals surface area contributed by atoms with Crippen LogP contribution in [0.4, 0.5) is 5.82 Å². The summed E-state index contributed by atoms with van der Waals surface area (Å²) < 4.78 is 7.87. The number of carbonyl (C=O) groups excluding carboxylic acids is 1. The second kappa shape index (κ2) is 6.67. The highest BCUT2D eigenvalue weighted by Gasteiger charge is 2.17. The van der Waals surface area contributed by atoms with Crippen LogP contribution in [0.5, 0.6) is 0 Å². The summed E-state index contributed by atoms with van der Waals surface area (Å²) in [4.78, 5) is 37.6. The van der Waals surface area contributed by atoms with E-state index in [1.54, 1.807) is 24.4 Å². The largest absolute Gasteiger partial charge is 0.360 e. The Bertz CT molecular complexity index is 1040. The van der Waals surface area contributed by atoms with Gasteiger partial charge in [-0.1, -0.05) is 19.0 Å². The Morgan fingerprint density at radius 3 is 2.76 bits per heavy atom. The third-order valence-corrected chi connectivity index (χ3v) is 4.47. The van der Waals surface area contributed by atoms with Gasteiger partial charge in [0.1, 0.15) is 17.0 Å². The number of fused-ring (bicyclic) bond motifs is 1. The molecule has 0 aromatic carbocycles. The van der Waals surface area contributed by atoms with Crippen LogP contribution in [0.3, 0.4) is 0 Å². The van der Waals surface area contributed by atoms with Gasteiger partial charge in [-0.3, -0.25) is 18.7 Å². The van der Waals surface area contributed by atoms with Crippen molar-refractivity contribution in [1.29, 1.82) is 0 Å². The van der Waals surface area contributed by atoms with Gasteiger partial charge in [-0.05, 0) is 24.3 Å². The minimum atomic E-state index is -0.490. The number of rotatable bonds is 5. The molecule has 0 atom stereocenters. The maximum Gasteiger partial charge on any atom is 0.332 e. The number of nitrogens with one attached hydrogen (secondary N) is 1. The Morgan fingerprint density at radius 2 is 2.12 bits per heavy atom. The highest BCUT2D eigenvalue weighted by molar-refractivity contribution is 7.17. The molecule has 0 bridgehead atoms. The number of aromatic nitrogens is 3. The summed E-state index contributed by atoms with van der Waals surface area (Å²) in [5, 5.41) is 8.02. The molecule has 25 heavy (non-hydrogen) atoms. The Kier molecular flexibility index (Phi) is 4.58. The predicted molar refractivity (Wildman–Crippen MR) is 95.1 cm³/mol. The van der Waals surface area contributed by atoms with E-state index in [-0.39, 0.29) is 23.8 Å². The number of carbonyl (C=O) groups is 1. The van der Waals surface area contributed by atoms with Gasteiger partial charge in [-0.2, -0.15) is 0 Å². The van der Waals surface area contributed by atoms with Gasteiger partial charge in [0.05, 0.1) is 5.52 Å². The third-order valence-electron chi connectivity index (χ3n) is 3.58. The molecule has 1 N–H and O–H groups in total. The molecule has 0 aliphatic heterocycles. The van der Waals surface area contributed by atoms with Crippen molar-refractivity contribution in [2.75, 3.05) is 5.32 Å². The molecule has 8 nitrogen and oxygen atoms in total. The fourth-order valence-electron chi connectivity index (χ4n) is 2.56. The number of anilines is 1. The fraction of sp³-hybridized carbons (Fsp3) is 0.375. The van der Waals surface area contributed by atoms with Crippen LogP contribution in [0.2, 0.25) is 0 Å². The lowest BCUT2D eigenvalue weighted by molar-refractivity contribution is -0.116. The van der Waals surface area contributed by atoms with Crippen LogP contribution >= 0.6 is 11.3 Å². The first-order chi connectivity index (χ1) is 11.9. The average Bonchev–Trinajstić information content (AvgIpc) is 3.17. The number of hydrogen-bond donors (Lipinski definition) is 1. The molecule has 0 spiro atoms. The lowest BCUT2D eigenvalue weighted by Gasteiger charge is -2.13. The lowest BCUT2D eigenvalue weighted by Crippen LogP contribution is -2.42. The van der Waals surface area contributed by atoms with E-state index in [9.17, 15) is 14.4 Å². The van der Waals surface area contributed by atoms with Gasteiger partial charge in [-0.25, -0.2) is 4.79 Å². The van der Waals surface area contributed by atoms with Crippen molar-refractivity contribution in [3.05, 3.63) is 44.1 Å². The standard InChI is InChI=1S/C16H18N4O4S/c1-9(2)7-20-15(22)14-11(4-5-25-14)19(16(20)23)8-13(21)17-12-6-10(3)24-18-12/h4-6,9H,7-8H2,1-3H3,(H,17,18,21). The molecule has 132 valence electrons. The average molecular weight is 362 g/mol. The highest BCUT2D eigenvalue weighted by Crippen LogP contribution is 2.16. The van der Waals surface area contributed by atoms with Crippen LogP contribution in [0.1, 0.15) is 19.6 Å². The van der Waals surface area contributed by atoms with Crippen LogP contribution in [0, 0.1) is 12.8 Å². The summed E-state index contributed by atoms with van der Waals surface area (Å²) in [6, 6.07) is 3.26. The van der Waals surface area contributed by atoms with Crippen LogP contribution in [0.15, 0.2) is 31.6 Å². The first kappa shape index (κ1) is 17.2. The molecular weight excluding hydrogens is 344 g/mol. The maximum atomic E-state index is 12.7. The van der Waals surface area contributed by atoms with Gasteiger partial charge in [0.25, 0.3) is 5.56 Å². The summed E-state index contributed by atoms with van der Waals surface area (Å²) in [7, 11) is 0. The van der Waals surface area contributed by atoms with Crippen molar-refractivity contribution in [3.8, 4) is 0 Å². The van der Waals surface area contributed by atoms with Crippen molar-refractivity contribution >= 4 is 33.3 Å². The minimum Gasteiger partial charge on any atom is -0.360 e. The number of thiophene rings is 1. The summed E-state index contributed by atoms with van der Waals surface area (Å²) in [6.45, 7) is 5.65. The molecule has 3 heterocycles. The van der Waals surface area contributed by atoms with Crippen molar-refractivity contribution in [2.45, 2.75) is 33.9 Å². The quantitative estimate of drug-likeness (QED) is 0.746. The number of aryl methyl sites for hydroxylation is 1. The summed E-state index contributed by atoms with van der Waals surface area (Å²) >= 11 is 1.26. The van der Waals surface area contributed by atoms with E-state index in [4.69, 9.17) is 4.52 Å². The van der Waals surface area contributed by atoms with E-state index in [1.807, 2.05) is 13.8 Å². The first-order valence-corrected chi connectivity index (χ1v) is 8.68. The Labute approximate surface area is 146 Å². The van der Waals surface area contributed by atoms with Gasteiger partial charge in [-0.15, -0.1) is 11.3 Å². The molecular formula is C16H18N4O4S. The molecule has 0 fully saturated rings. The smallest absolute Gasteiger partial charge is 0.332 e. The van der Waals surface area contributed by atoms with E-state index in [0.29, 0.717) is 22.5 Å². The van der Waals surface area contributed by atoms with E-state index in [2.05, 4.69) is 10.5 Å². The molecule has 3 aromatic rings. The molecule has 0 unspecified atom stereocenters. The highest BCUT2D eigenvalue weighted by atomic mass is 32.1. The number of nitrogens with zero attached hydrogens (tertiary/aromatic N) is 3. The first-order valence-electron chi connectivity index (χ1n) is 7.81. The molecule has 3 rings (SSSR count).